The van der Waals surface area contributed by atoms with Crippen LogP contribution >= 0.6 is 0 Å². The van der Waals surface area contributed by atoms with E-state index in [0.29, 0.717) is 25.8 Å². The van der Waals surface area contributed by atoms with Crippen molar-refractivity contribution in [1.29, 1.82) is 0 Å². The molecular formula is C11H18N2O3. The van der Waals surface area contributed by atoms with E-state index in [1.165, 1.54) is 19.1 Å². The molecule has 90 valence electrons. The Labute approximate surface area is 95.2 Å². The molecule has 1 fully saturated rings. The van der Waals surface area contributed by atoms with Gasteiger partial charge in [0.2, 0.25) is 5.76 Å². The van der Waals surface area contributed by atoms with Crippen LogP contribution in [0, 0.1) is 0 Å². The van der Waals surface area contributed by atoms with E-state index in [0.717, 1.165) is 13.0 Å². The van der Waals surface area contributed by atoms with Gasteiger partial charge in [-0.1, -0.05) is 0 Å². The van der Waals surface area contributed by atoms with Crippen LogP contribution in [0.4, 0.5) is 0 Å². The zero-order valence-corrected chi connectivity index (χ0v) is 9.33. The van der Waals surface area contributed by atoms with Crippen molar-refractivity contribution < 1.29 is 14.3 Å². The van der Waals surface area contributed by atoms with Gasteiger partial charge < -0.3 is 20.1 Å². The molecular weight excluding hydrogens is 208 g/mol. The fraction of sp³-hybridized carbons (Fsp3) is 0.727. The molecule has 1 atom stereocenters. The Hall–Kier alpha value is -1.23. The molecule has 0 aromatic carbocycles. The molecule has 2 N–H and O–H groups in total. The van der Waals surface area contributed by atoms with Crippen molar-refractivity contribution in [3.05, 3.63) is 12.0 Å². The minimum Gasteiger partial charge on any atom is -0.494 e. The second-order valence-corrected chi connectivity index (χ2v) is 4.04. The van der Waals surface area contributed by atoms with Gasteiger partial charge in [0.25, 0.3) is 5.91 Å². The summed E-state index contributed by atoms with van der Waals surface area (Å²) in [5.41, 5.74) is 0. The van der Waals surface area contributed by atoms with Crippen molar-refractivity contribution in [2.75, 3.05) is 26.3 Å². The zero-order valence-electron chi connectivity index (χ0n) is 9.33. The predicted octanol–water partition coefficient (Wildman–Crippen LogP) is 0.133. The minimum atomic E-state index is -0.183. The average Bonchev–Trinajstić information content (AvgIpc) is 2.83. The van der Waals surface area contributed by atoms with E-state index in [2.05, 4.69) is 10.6 Å². The van der Waals surface area contributed by atoms with Crippen LogP contribution in [-0.4, -0.2) is 38.3 Å². The normalized spacial score (nSPS) is 24.2. The van der Waals surface area contributed by atoms with E-state index in [4.69, 9.17) is 9.47 Å². The number of nitrogens with one attached hydrogen (secondary N) is 2. The number of carbonyl (C=O) groups excluding carboxylic acids is 1. The maximum Gasteiger partial charge on any atom is 0.289 e. The number of carbonyl (C=O) groups is 1. The molecule has 2 rings (SSSR count). The molecule has 2 aliphatic rings. The van der Waals surface area contributed by atoms with Crippen molar-refractivity contribution in [3.63, 3.8) is 0 Å². The summed E-state index contributed by atoms with van der Waals surface area (Å²) < 4.78 is 10.2. The third kappa shape index (κ3) is 3.13. The molecule has 0 aromatic rings. The highest BCUT2D eigenvalue weighted by Gasteiger charge is 2.16. The smallest absolute Gasteiger partial charge is 0.289 e. The molecule has 0 bridgehead atoms. The summed E-state index contributed by atoms with van der Waals surface area (Å²) in [6.45, 7) is 2.74. The summed E-state index contributed by atoms with van der Waals surface area (Å²) in [7, 11) is 0. The third-order valence-electron chi connectivity index (χ3n) is 2.81. The predicted molar refractivity (Wildman–Crippen MR) is 58.6 cm³/mol. The van der Waals surface area contributed by atoms with Crippen LogP contribution in [0.2, 0.25) is 0 Å². The molecule has 0 radical (unpaired) electrons. The molecule has 2 aliphatic heterocycles. The number of ether oxygens (including phenoxy) is 2. The van der Waals surface area contributed by atoms with Gasteiger partial charge in [-0.3, -0.25) is 4.79 Å². The van der Waals surface area contributed by atoms with E-state index in [-0.39, 0.29) is 11.7 Å². The number of hydrogen-bond donors (Lipinski definition) is 2. The first kappa shape index (κ1) is 11.3. The van der Waals surface area contributed by atoms with Crippen LogP contribution in [0.5, 0.6) is 0 Å². The van der Waals surface area contributed by atoms with Gasteiger partial charge in [0, 0.05) is 12.6 Å². The van der Waals surface area contributed by atoms with Crippen LogP contribution in [0.1, 0.15) is 19.3 Å². The Bertz CT molecular complexity index is 272. The molecule has 5 nitrogen and oxygen atoms in total. The molecule has 0 spiro atoms. The Morgan fingerprint density at radius 2 is 2.50 bits per heavy atom. The lowest BCUT2D eigenvalue weighted by Gasteiger charge is -2.15. The first-order valence-electron chi connectivity index (χ1n) is 5.82. The summed E-state index contributed by atoms with van der Waals surface area (Å²) in [4.78, 5) is 11.6. The first-order valence-corrected chi connectivity index (χ1v) is 5.82. The number of hydrogen-bond acceptors (Lipinski definition) is 4. The Morgan fingerprint density at radius 3 is 3.19 bits per heavy atom. The van der Waals surface area contributed by atoms with Crippen LogP contribution in [-0.2, 0) is 14.3 Å². The van der Waals surface area contributed by atoms with Gasteiger partial charge in [-0.25, -0.2) is 0 Å². The molecule has 1 saturated heterocycles. The Morgan fingerprint density at radius 1 is 1.56 bits per heavy atom. The molecule has 16 heavy (non-hydrogen) atoms. The lowest BCUT2D eigenvalue weighted by molar-refractivity contribution is -0.122. The maximum atomic E-state index is 11.6. The van der Waals surface area contributed by atoms with Crippen LogP contribution in [0.3, 0.4) is 0 Å². The highest BCUT2D eigenvalue weighted by atomic mass is 16.6. The summed E-state index contributed by atoms with van der Waals surface area (Å²) in [6, 6.07) is 0.554. The first-order chi connectivity index (χ1) is 7.86. The topological polar surface area (TPSA) is 59.6 Å². The van der Waals surface area contributed by atoms with E-state index < -0.39 is 0 Å². The van der Waals surface area contributed by atoms with Gasteiger partial charge in [-0.2, -0.15) is 0 Å². The van der Waals surface area contributed by atoms with Gasteiger partial charge in [-0.05, 0) is 25.8 Å². The maximum absolute atomic E-state index is 11.6. The van der Waals surface area contributed by atoms with Crippen molar-refractivity contribution in [1.82, 2.24) is 10.6 Å². The Kier molecular flexibility index (Phi) is 4.04. The second kappa shape index (κ2) is 5.75. The van der Waals surface area contributed by atoms with Crippen molar-refractivity contribution in [2.45, 2.75) is 25.3 Å². The lowest BCUT2D eigenvalue weighted by atomic mass is 10.1. The number of amides is 1. The SMILES string of the molecule is O=C(NCCC1CCCN1)C1=COCCO1. The largest absolute Gasteiger partial charge is 0.494 e. The molecule has 1 unspecified atom stereocenters. The summed E-state index contributed by atoms with van der Waals surface area (Å²) >= 11 is 0. The quantitative estimate of drug-likeness (QED) is 0.715. The molecule has 0 aliphatic carbocycles. The van der Waals surface area contributed by atoms with E-state index in [1.807, 2.05) is 0 Å². The fourth-order valence-corrected chi connectivity index (χ4v) is 1.94. The van der Waals surface area contributed by atoms with Gasteiger partial charge >= 0.3 is 0 Å². The lowest BCUT2D eigenvalue weighted by Crippen LogP contribution is -2.32. The van der Waals surface area contributed by atoms with Crippen LogP contribution in [0.15, 0.2) is 12.0 Å². The summed E-state index contributed by atoms with van der Waals surface area (Å²) in [5.74, 6) is 0.100. The van der Waals surface area contributed by atoms with E-state index in [9.17, 15) is 4.79 Å². The summed E-state index contributed by atoms with van der Waals surface area (Å²) in [5, 5.41) is 6.22. The van der Waals surface area contributed by atoms with Gasteiger partial charge in [0.1, 0.15) is 19.5 Å². The number of rotatable bonds is 4. The van der Waals surface area contributed by atoms with Crippen LogP contribution < -0.4 is 10.6 Å². The van der Waals surface area contributed by atoms with E-state index >= 15 is 0 Å². The van der Waals surface area contributed by atoms with Crippen molar-refractivity contribution in [2.24, 2.45) is 0 Å². The van der Waals surface area contributed by atoms with Gasteiger partial charge in [0.05, 0.1) is 0 Å². The van der Waals surface area contributed by atoms with Crippen molar-refractivity contribution in [3.8, 4) is 0 Å². The zero-order chi connectivity index (χ0) is 11.2. The molecule has 5 heteroatoms. The standard InChI is InChI=1S/C11H18N2O3/c14-11(10-8-15-6-7-16-10)13-5-3-9-2-1-4-12-9/h8-9,12H,1-7H2,(H,13,14). The molecule has 2 heterocycles. The molecule has 1 amide bonds. The third-order valence-corrected chi connectivity index (χ3v) is 2.81. The monoisotopic (exact) mass is 226 g/mol. The average molecular weight is 226 g/mol. The van der Waals surface area contributed by atoms with E-state index in [1.54, 1.807) is 0 Å². The second-order valence-electron chi connectivity index (χ2n) is 4.04. The van der Waals surface area contributed by atoms with Gasteiger partial charge in [0.15, 0.2) is 0 Å². The molecule has 0 aromatic heterocycles. The molecule has 0 saturated carbocycles. The summed E-state index contributed by atoms with van der Waals surface area (Å²) in [6.07, 6.45) is 4.80. The highest BCUT2D eigenvalue weighted by molar-refractivity contribution is 5.91. The van der Waals surface area contributed by atoms with Crippen molar-refractivity contribution >= 4 is 5.91 Å². The van der Waals surface area contributed by atoms with Crippen LogP contribution in [0.25, 0.3) is 0 Å². The van der Waals surface area contributed by atoms with Gasteiger partial charge in [-0.15, -0.1) is 0 Å². The Balaban J connectivity index is 1.65. The minimum absolute atomic E-state index is 0.183. The highest BCUT2D eigenvalue weighted by Crippen LogP contribution is 2.08. The fourth-order valence-electron chi connectivity index (χ4n) is 1.94.